The summed E-state index contributed by atoms with van der Waals surface area (Å²) in [6.45, 7) is 7.52. The Kier molecular flexibility index (Phi) is 5.18. The maximum absolute atomic E-state index is 13.7. The van der Waals surface area contributed by atoms with Crippen molar-refractivity contribution in [3.05, 3.63) is 35.8 Å². The summed E-state index contributed by atoms with van der Waals surface area (Å²) < 4.78 is 19.5. The van der Waals surface area contributed by atoms with Gasteiger partial charge in [-0.2, -0.15) is 0 Å². The second kappa shape index (κ2) is 6.89. The van der Waals surface area contributed by atoms with Crippen LogP contribution < -0.4 is 5.32 Å². The van der Waals surface area contributed by atoms with E-state index in [2.05, 4.69) is 26.1 Å². The SMILES string of the molecule is CCCNC(CC(C)CC)c1cc2cccc(F)c2o1. The van der Waals surface area contributed by atoms with Crippen LogP contribution in [0.5, 0.6) is 0 Å². The van der Waals surface area contributed by atoms with Crippen molar-refractivity contribution in [3.63, 3.8) is 0 Å². The van der Waals surface area contributed by atoms with E-state index in [9.17, 15) is 4.39 Å². The summed E-state index contributed by atoms with van der Waals surface area (Å²) in [5.41, 5.74) is 0.370. The Balaban J connectivity index is 2.27. The molecule has 0 saturated carbocycles. The molecule has 0 aliphatic carbocycles. The Hall–Kier alpha value is -1.35. The zero-order valence-corrected chi connectivity index (χ0v) is 12.6. The van der Waals surface area contributed by atoms with Crippen molar-refractivity contribution in [2.24, 2.45) is 5.92 Å². The van der Waals surface area contributed by atoms with E-state index in [1.165, 1.54) is 6.07 Å². The van der Waals surface area contributed by atoms with Gasteiger partial charge in [0.1, 0.15) is 5.76 Å². The Labute approximate surface area is 120 Å². The van der Waals surface area contributed by atoms with Gasteiger partial charge in [0.2, 0.25) is 0 Å². The minimum atomic E-state index is -0.286. The number of halogens is 1. The lowest BCUT2D eigenvalue weighted by Crippen LogP contribution is -2.23. The number of fused-ring (bicyclic) bond motifs is 1. The molecule has 0 fully saturated rings. The number of benzene rings is 1. The van der Waals surface area contributed by atoms with Crippen molar-refractivity contribution in [1.29, 1.82) is 0 Å². The number of nitrogens with one attached hydrogen (secondary N) is 1. The van der Waals surface area contributed by atoms with Crippen LogP contribution in [0.2, 0.25) is 0 Å². The molecule has 0 aliphatic rings. The van der Waals surface area contributed by atoms with Crippen LogP contribution in [-0.4, -0.2) is 6.54 Å². The average Bonchev–Trinajstić information content (AvgIpc) is 2.88. The summed E-state index contributed by atoms with van der Waals surface area (Å²) in [5.74, 6) is 1.17. The first kappa shape index (κ1) is 15.0. The molecule has 0 radical (unpaired) electrons. The second-order valence-electron chi connectivity index (χ2n) is 5.56. The molecule has 2 atom stereocenters. The number of furan rings is 1. The van der Waals surface area contributed by atoms with Gasteiger partial charge in [-0.15, -0.1) is 0 Å². The highest BCUT2D eigenvalue weighted by atomic mass is 19.1. The molecule has 1 heterocycles. The predicted octanol–water partition coefficient (Wildman–Crippen LogP) is 5.05. The largest absolute Gasteiger partial charge is 0.456 e. The summed E-state index contributed by atoms with van der Waals surface area (Å²) in [6.07, 6.45) is 3.22. The lowest BCUT2D eigenvalue weighted by molar-refractivity contribution is 0.353. The van der Waals surface area contributed by atoms with Gasteiger partial charge in [0, 0.05) is 5.39 Å². The van der Waals surface area contributed by atoms with Crippen molar-refractivity contribution in [1.82, 2.24) is 5.32 Å². The molecule has 1 aromatic carbocycles. The summed E-state index contributed by atoms with van der Waals surface area (Å²) in [4.78, 5) is 0. The fraction of sp³-hybridized carbons (Fsp3) is 0.529. The van der Waals surface area contributed by atoms with Gasteiger partial charge in [0.15, 0.2) is 11.4 Å². The maximum Gasteiger partial charge on any atom is 0.169 e. The van der Waals surface area contributed by atoms with Gasteiger partial charge in [-0.3, -0.25) is 0 Å². The molecule has 3 heteroatoms. The van der Waals surface area contributed by atoms with Crippen LogP contribution >= 0.6 is 0 Å². The molecule has 0 amide bonds. The third kappa shape index (κ3) is 3.40. The minimum Gasteiger partial charge on any atom is -0.456 e. The van der Waals surface area contributed by atoms with Gasteiger partial charge in [-0.1, -0.05) is 39.3 Å². The van der Waals surface area contributed by atoms with Gasteiger partial charge in [-0.05, 0) is 37.4 Å². The molecule has 0 aliphatic heterocycles. The lowest BCUT2D eigenvalue weighted by Gasteiger charge is -2.19. The normalized spacial score (nSPS) is 14.6. The summed E-state index contributed by atoms with van der Waals surface area (Å²) >= 11 is 0. The molecule has 20 heavy (non-hydrogen) atoms. The molecule has 0 spiro atoms. The molecule has 0 saturated heterocycles. The Morgan fingerprint density at radius 3 is 2.75 bits per heavy atom. The first-order valence-corrected chi connectivity index (χ1v) is 7.57. The van der Waals surface area contributed by atoms with E-state index >= 15 is 0 Å². The van der Waals surface area contributed by atoms with Gasteiger partial charge >= 0.3 is 0 Å². The molecular formula is C17H24FNO. The van der Waals surface area contributed by atoms with Crippen LogP contribution in [0.25, 0.3) is 11.0 Å². The van der Waals surface area contributed by atoms with E-state index in [0.717, 1.165) is 37.0 Å². The standard InChI is InChI=1S/C17H24FNO/c1-4-9-19-15(10-12(3)5-2)16-11-13-7-6-8-14(18)17(13)20-16/h6-8,11-12,15,19H,4-5,9-10H2,1-3H3. The maximum atomic E-state index is 13.7. The highest BCUT2D eigenvalue weighted by Gasteiger charge is 2.19. The molecule has 2 nitrogen and oxygen atoms in total. The average molecular weight is 277 g/mol. The second-order valence-corrected chi connectivity index (χ2v) is 5.56. The Morgan fingerprint density at radius 2 is 2.10 bits per heavy atom. The number of hydrogen-bond donors (Lipinski definition) is 1. The van der Waals surface area contributed by atoms with E-state index in [0.29, 0.717) is 11.5 Å². The van der Waals surface area contributed by atoms with Crippen molar-refractivity contribution >= 4 is 11.0 Å². The van der Waals surface area contributed by atoms with Crippen LogP contribution in [0.1, 0.15) is 51.8 Å². The molecular weight excluding hydrogens is 253 g/mol. The zero-order valence-electron chi connectivity index (χ0n) is 12.6. The highest BCUT2D eigenvalue weighted by Crippen LogP contribution is 2.29. The number of para-hydroxylation sites is 1. The van der Waals surface area contributed by atoms with Gasteiger partial charge in [0.25, 0.3) is 0 Å². The molecule has 1 N–H and O–H groups in total. The van der Waals surface area contributed by atoms with Gasteiger partial charge < -0.3 is 9.73 Å². The Morgan fingerprint density at radius 1 is 1.30 bits per heavy atom. The lowest BCUT2D eigenvalue weighted by atomic mass is 9.97. The van der Waals surface area contributed by atoms with E-state index in [1.807, 2.05) is 12.1 Å². The van der Waals surface area contributed by atoms with Crippen LogP contribution in [0.15, 0.2) is 28.7 Å². The monoisotopic (exact) mass is 277 g/mol. The van der Waals surface area contributed by atoms with Crippen LogP contribution in [-0.2, 0) is 0 Å². The third-order valence-corrected chi connectivity index (χ3v) is 3.83. The molecule has 2 aromatic rings. The predicted molar refractivity (Wildman–Crippen MR) is 81.3 cm³/mol. The van der Waals surface area contributed by atoms with E-state index in [1.54, 1.807) is 6.07 Å². The van der Waals surface area contributed by atoms with Crippen LogP contribution in [0.4, 0.5) is 4.39 Å². The van der Waals surface area contributed by atoms with E-state index in [4.69, 9.17) is 4.42 Å². The molecule has 2 unspecified atom stereocenters. The smallest absolute Gasteiger partial charge is 0.169 e. The molecule has 0 bridgehead atoms. The Bertz CT molecular complexity index is 549. The van der Waals surface area contributed by atoms with E-state index < -0.39 is 0 Å². The summed E-state index contributed by atoms with van der Waals surface area (Å²) in [7, 11) is 0. The fourth-order valence-corrected chi connectivity index (χ4v) is 2.41. The first-order valence-electron chi connectivity index (χ1n) is 7.57. The third-order valence-electron chi connectivity index (χ3n) is 3.83. The quantitative estimate of drug-likeness (QED) is 0.766. The molecule has 2 rings (SSSR count). The van der Waals surface area contributed by atoms with Crippen molar-refractivity contribution in [2.45, 2.75) is 46.1 Å². The summed E-state index contributed by atoms with van der Waals surface area (Å²) in [6, 6.07) is 7.19. The minimum absolute atomic E-state index is 0.164. The van der Waals surface area contributed by atoms with Crippen LogP contribution in [0.3, 0.4) is 0 Å². The van der Waals surface area contributed by atoms with Gasteiger partial charge in [0.05, 0.1) is 6.04 Å². The van der Waals surface area contributed by atoms with Gasteiger partial charge in [-0.25, -0.2) is 4.39 Å². The molecule has 110 valence electrons. The van der Waals surface area contributed by atoms with Crippen molar-refractivity contribution in [3.8, 4) is 0 Å². The topological polar surface area (TPSA) is 25.2 Å². The number of rotatable bonds is 7. The summed E-state index contributed by atoms with van der Waals surface area (Å²) in [5, 5.41) is 4.36. The highest BCUT2D eigenvalue weighted by molar-refractivity contribution is 5.78. The molecule has 1 aromatic heterocycles. The van der Waals surface area contributed by atoms with Crippen molar-refractivity contribution < 1.29 is 8.81 Å². The zero-order chi connectivity index (χ0) is 14.5. The fourth-order valence-electron chi connectivity index (χ4n) is 2.41. The first-order chi connectivity index (χ1) is 9.65. The number of hydrogen-bond acceptors (Lipinski definition) is 2. The van der Waals surface area contributed by atoms with Crippen LogP contribution in [0, 0.1) is 11.7 Å². The van der Waals surface area contributed by atoms with E-state index in [-0.39, 0.29) is 11.9 Å². The van der Waals surface area contributed by atoms with Crippen molar-refractivity contribution in [2.75, 3.05) is 6.54 Å².